The fourth-order valence-electron chi connectivity index (χ4n) is 1.64. The normalized spacial score (nSPS) is 21.6. The Hall–Kier alpha value is -1.04. The Balaban J connectivity index is 1.99. The van der Waals surface area contributed by atoms with E-state index in [4.69, 9.17) is 0 Å². The lowest BCUT2D eigenvalue weighted by Gasteiger charge is -2.09. The van der Waals surface area contributed by atoms with Gasteiger partial charge in [-0.05, 0) is 12.8 Å². The topological polar surface area (TPSA) is 70.7 Å². The van der Waals surface area contributed by atoms with E-state index >= 15 is 0 Å². The molecule has 0 saturated carbocycles. The van der Waals surface area contributed by atoms with Gasteiger partial charge in [0, 0.05) is 13.0 Å². The number of aromatic nitrogens is 3. The SMILES string of the molecule is CCc1nc(S[C@H]2CCCCNC2=O)n[nH]1. The molecule has 16 heavy (non-hydrogen) atoms. The van der Waals surface area contributed by atoms with Gasteiger partial charge in [-0.15, -0.1) is 5.10 Å². The first-order valence-corrected chi connectivity index (χ1v) is 6.53. The second-order valence-corrected chi connectivity index (χ2v) is 4.98. The minimum atomic E-state index is -0.0389. The number of hydrogen-bond acceptors (Lipinski definition) is 4. The highest BCUT2D eigenvalue weighted by atomic mass is 32.2. The Morgan fingerprint density at radius 1 is 1.50 bits per heavy atom. The Kier molecular flexibility index (Phi) is 3.82. The van der Waals surface area contributed by atoms with Crippen LogP contribution in [0, 0.1) is 0 Å². The molecule has 2 N–H and O–H groups in total. The number of thioether (sulfide) groups is 1. The minimum Gasteiger partial charge on any atom is -0.355 e. The maximum atomic E-state index is 11.7. The van der Waals surface area contributed by atoms with Crippen molar-refractivity contribution in [3.63, 3.8) is 0 Å². The zero-order valence-corrected chi connectivity index (χ0v) is 10.1. The summed E-state index contributed by atoms with van der Waals surface area (Å²) in [4.78, 5) is 16.0. The Bertz CT molecular complexity index is 365. The molecule has 1 aliphatic rings. The third kappa shape index (κ3) is 2.75. The minimum absolute atomic E-state index is 0.0389. The molecule has 1 amide bonds. The molecular formula is C10H16N4OS. The molecule has 0 aromatic carbocycles. The number of rotatable bonds is 3. The van der Waals surface area contributed by atoms with Crippen molar-refractivity contribution in [2.75, 3.05) is 6.54 Å². The van der Waals surface area contributed by atoms with E-state index in [-0.39, 0.29) is 11.2 Å². The molecule has 0 unspecified atom stereocenters. The van der Waals surface area contributed by atoms with E-state index in [0.29, 0.717) is 5.16 Å². The van der Waals surface area contributed by atoms with Crippen LogP contribution >= 0.6 is 11.8 Å². The van der Waals surface area contributed by atoms with Crippen molar-refractivity contribution in [3.05, 3.63) is 5.82 Å². The second kappa shape index (κ2) is 5.34. The number of aryl methyl sites for hydroxylation is 1. The van der Waals surface area contributed by atoms with E-state index in [9.17, 15) is 4.79 Å². The summed E-state index contributed by atoms with van der Waals surface area (Å²) in [6.07, 6.45) is 3.90. The summed E-state index contributed by atoms with van der Waals surface area (Å²) in [7, 11) is 0. The molecule has 6 heteroatoms. The predicted molar refractivity (Wildman–Crippen MR) is 62.3 cm³/mol. The molecule has 88 valence electrons. The summed E-state index contributed by atoms with van der Waals surface area (Å²) in [5.41, 5.74) is 0. The number of amides is 1. The second-order valence-electron chi connectivity index (χ2n) is 3.81. The number of carbonyl (C=O) groups excluding carboxylic acids is 1. The quantitative estimate of drug-likeness (QED) is 0.831. The summed E-state index contributed by atoms with van der Waals surface area (Å²) in [6.45, 7) is 2.82. The third-order valence-corrected chi connectivity index (χ3v) is 3.71. The van der Waals surface area contributed by atoms with E-state index in [1.165, 1.54) is 11.8 Å². The van der Waals surface area contributed by atoms with Crippen LogP contribution in [0.2, 0.25) is 0 Å². The first kappa shape index (κ1) is 11.4. The summed E-state index contributed by atoms with van der Waals surface area (Å²) >= 11 is 1.46. The van der Waals surface area contributed by atoms with Crippen LogP contribution in [0.3, 0.4) is 0 Å². The van der Waals surface area contributed by atoms with Crippen LogP contribution in [0.1, 0.15) is 32.0 Å². The van der Waals surface area contributed by atoms with Crippen molar-refractivity contribution >= 4 is 17.7 Å². The maximum absolute atomic E-state index is 11.7. The van der Waals surface area contributed by atoms with Crippen molar-refractivity contribution in [2.24, 2.45) is 0 Å². The molecular weight excluding hydrogens is 224 g/mol. The van der Waals surface area contributed by atoms with Crippen LogP contribution in [-0.4, -0.2) is 32.9 Å². The first-order valence-electron chi connectivity index (χ1n) is 5.65. The molecule has 1 atom stereocenters. The summed E-state index contributed by atoms with van der Waals surface area (Å²) in [5, 5.41) is 10.5. The molecule has 1 aliphatic heterocycles. The zero-order chi connectivity index (χ0) is 11.4. The molecule has 1 aromatic rings. The monoisotopic (exact) mass is 240 g/mol. The molecule has 0 aliphatic carbocycles. The van der Waals surface area contributed by atoms with Gasteiger partial charge < -0.3 is 5.32 Å². The van der Waals surface area contributed by atoms with Crippen LogP contribution < -0.4 is 5.32 Å². The molecule has 2 rings (SSSR count). The van der Waals surface area contributed by atoms with E-state index in [0.717, 1.165) is 38.1 Å². The highest BCUT2D eigenvalue weighted by molar-refractivity contribution is 8.00. The van der Waals surface area contributed by atoms with Crippen LogP contribution in [0.15, 0.2) is 5.16 Å². The van der Waals surface area contributed by atoms with Gasteiger partial charge in [0.05, 0.1) is 5.25 Å². The standard InChI is InChI=1S/C10H16N4OS/c1-2-8-12-10(14-13-8)16-7-5-3-4-6-11-9(7)15/h7H,2-6H2,1H3,(H,11,15)(H,12,13,14)/t7-/m0/s1. The number of hydrogen-bond donors (Lipinski definition) is 2. The summed E-state index contributed by atoms with van der Waals surface area (Å²) < 4.78 is 0. The lowest BCUT2D eigenvalue weighted by molar-refractivity contribution is -0.120. The fourth-order valence-corrected chi connectivity index (χ4v) is 2.63. The van der Waals surface area contributed by atoms with Crippen molar-refractivity contribution in [1.29, 1.82) is 0 Å². The number of aromatic amines is 1. The molecule has 0 bridgehead atoms. The van der Waals surface area contributed by atoms with Crippen molar-refractivity contribution in [1.82, 2.24) is 20.5 Å². The van der Waals surface area contributed by atoms with Crippen LogP contribution in [0.5, 0.6) is 0 Å². The van der Waals surface area contributed by atoms with Gasteiger partial charge >= 0.3 is 0 Å². The Labute approximate surface area is 98.8 Å². The van der Waals surface area contributed by atoms with Gasteiger partial charge in [0.2, 0.25) is 11.1 Å². The molecule has 0 radical (unpaired) electrons. The molecule has 0 spiro atoms. The van der Waals surface area contributed by atoms with Gasteiger partial charge in [0.1, 0.15) is 5.82 Å². The van der Waals surface area contributed by atoms with Gasteiger partial charge in [0.25, 0.3) is 0 Å². The van der Waals surface area contributed by atoms with Crippen molar-refractivity contribution in [3.8, 4) is 0 Å². The number of H-pyrrole nitrogens is 1. The number of nitrogens with zero attached hydrogens (tertiary/aromatic N) is 2. The molecule has 1 aromatic heterocycles. The van der Waals surface area contributed by atoms with Gasteiger partial charge in [-0.1, -0.05) is 25.1 Å². The Morgan fingerprint density at radius 3 is 3.12 bits per heavy atom. The van der Waals surface area contributed by atoms with E-state index in [1.54, 1.807) is 0 Å². The highest BCUT2D eigenvalue weighted by Crippen LogP contribution is 2.25. The molecule has 5 nitrogen and oxygen atoms in total. The number of nitrogens with one attached hydrogen (secondary N) is 2. The lowest BCUT2D eigenvalue weighted by atomic mass is 10.2. The largest absolute Gasteiger partial charge is 0.355 e. The van der Waals surface area contributed by atoms with E-state index in [1.807, 2.05) is 6.92 Å². The van der Waals surface area contributed by atoms with Crippen LogP contribution in [0.4, 0.5) is 0 Å². The van der Waals surface area contributed by atoms with Crippen LogP contribution in [-0.2, 0) is 11.2 Å². The average Bonchev–Trinajstić information content (AvgIpc) is 2.65. The van der Waals surface area contributed by atoms with Gasteiger partial charge in [-0.3, -0.25) is 9.89 Å². The van der Waals surface area contributed by atoms with Crippen molar-refractivity contribution < 1.29 is 4.79 Å². The lowest BCUT2D eigenvalue weighted by Crippen LogP contribution is -2.30. The smallest absolute Gasteiger partial charge is 0.233 e. The zero-order valence-electron chi connectivity index (χ0n) is 9.32. The van der Waals surface area contributed by atoms with E-state index < -0.39 is 0 Å². The molecule has 2 heterocycles. The average molecular weight is 240 g/mol. The van der Waals surface area contributed by atoms with Crippen LogP contribution in [0.25, 0.3) is 0 Å². The fraction of sp³-hybridized carbons (Fsp3) is 0.700. The van der Waals surface area contributed by atoms with Crippen molar-refractivity contribution in [2.45, 2.75) is 43.0 Å². The summed E-state index contributed by atoms with van der Waals surface area (Å²) in [5.74, 6) is 0.988. The highest BCUT2D eigenvalue weighted by Gasteiger charge is 2.23. The Morgan fingerprint density at radius 2 is 2.38 bits per heavy atom. The van der Waals surface area contributed by atoms with E-state index in [2.05, 4.69) is 20.5 Å². The van der Waals surface area contributed by atoms with Gasteiger partial charge in [-0.25, -0.2) is 4.98 Å². The predicted octanol–water partition coefficient (Wildman–Crippen LogP) is 1.13. The van der Waals surface area contributed by atoms with Gasteiger partial charge in [-0.2, -0.15) is 0 Å². The molecule has 1 fully saturated rings. The third-order valence-electron chi connectivity index (χ3n) is 2.58. The number of carbonyl (C=O) groups is 1. The molecule has 1 saturated heterocycles. The maximum Gasteiger partial charge on any atom is 0.233 e. The summed E-state index contributed by atoms with van der Waals surface area (Å²) in [6, 6.07) is 0. The first-order chi connectivity index (χ1) is 7.79. The van der Waals surface area contributed by atoms with Gasteiger partial charge in [0.15, 0.2) is 0 Å².